The van der Waals surface area contributed by atoms with Crippen LogP contribution in [0, 0.1) is 0 Å². The second kappa shape index (κ2) is 24.0. The maximum atomic E-state index is 11.5. The summed E-state index contributed by atoms with van der Waals surface area (Å²) in [5, 5.41) is 0. The molecule has 0 aromatic rings. The molecule has 0 atom stereocenters. The summed E-state index contributed by atoms with van der Waals surface area (Å²) in [4.78, 5) is 11.5. The highest BCUT2D eigenvalue weighted by Crippen LogP contribution is 2.18. The summed E-state index contributed by atoms with van der Waals surface area (Å²) in [6.07, 6.45) is 41.0. The molecule has 0 aliphatic heterocycles. The van der Waals surface area contributed by atoms with Crippen molar-refractivity contribution in [2.45, 2.75) is 100 Å². The molecular weight excluding hydrogens is 524 g/mol. The van der Waals surface area contributed by atoms with Gasteiger partial charge in [-0.3, -0.25) is 4.79 Å². The first-order valence-electron chi connectivity index (χ1n) is 15.4. The Morgan fingerprint density at radius 2 is 1.07 bits per heavy atom. The largest absolute Gasteiger partial charge is 0.379 e. The molecule has 2 nitrogen and oxygen atoms in total. The Labute approximate surface area is 264 Å². The molecule has 0 aliphatic rings. The van der Waals surface area contributed by atoms with Gasteiger partial charge in [0.2, 0.25) is 0 Å². The Hall–Kier alpha value is -3.49. The van der Waals surface area contributed by atoms with Crippen LogP contribution < -0.4 is 0 Å². The lowest BCUT2D eigenvalue weighted by atomic mass is 9.99. The number of hydrogen-bond acceptors (Lipinski definition) is 2. The molecule has 0 aromatic heterocycles. The van der Waals surface area contributed by atoms with Crippen LogP contribution in [0.1, 0.15) is 94.4 Å². The zero-order chi connectivity index (χ0) is 32.5. The van der Waals surface area contributed by atoms with Gasteiger partial charge in [-0.1, -0.05) is 137 Å². The fourth-order valence-corrected chi connectivity index (χ4v) is 3.72. The second-order valence-electron chi connectivity index (χ2n) is 12.0. The van der Waals surface area contributed by atoms with E-state index in [-0.39, 0.29) is 5.60 Å². The summed E-state index contributed by atoms with van der Waals surface area (Å²) in [6.45, 7) is 19.1. The third-order valence-corrected chi connectivity index (χ3v) is 6.73. The predicted octanol–water partition coefficient (Wildman–Crippen LogP) is 12.0. The van der Waals surface area contributed by atoms with Crippen LogP contribution in [0.4, 0.5) is 0 Å². The van der Waals surface area contributed by atoms with Crippen LogP contribution in [-0.4, -0.2) is 19.0 Å². The van der Waals surface area contributed by atoms with Gasteiger partial charge >= 0.3 is 0 Å². The first-order chi connectivity index (χ1) is 20.4. The van der Waals surface area contributed by atoms with Crippen molar-refractivity contribution in [1.29, 1.82) is 0 Å². The normalized spacial score (nSPS) is 15.3. The maximum Gasteiger partial charge on any atom is 0.150 e. The Morgan fingerprint density at radius 1 is 0.605 bits per heavy atom. The van der Waals surface area contributed by atoms with Crippen LogP contribution in [0.15, 0.2) is 142 Å². The van der Waals surface area contributed by atoms with Gasteiger partial charge in [-0.2, -0.15) is 0 Å². The van der Waals surface area contributed by atoms with Crippen molar-refractivity contribution in [3.8, 4) is 0 Å². The van der Waals surface area contributed by atoms with E-state index in [2.05, 4.69) is 123 Å². The quantitative estimate of drug-likeness (QED) is 0.0655. The van der Waals surface area contributed by atoms with E-state index in [1.54, 1.807) is 7.11 Å². The number of carbonyl (C=O) groups is 1. The minimum atomic E-state index is -0.0586. The van der Waals surface area contributed by atoms with Crippen LogP contribution in [-0.2, 0) is 9.53 Å². The van der Waals surface area contributed by atoms with Gasteiger partial charge in [0.15, 0.2) is 0 Å². The summed E-state index contributed by atoms with van der Waals surface area (Å²) in [5.41, 5.74) is 8.12. The zero-order valence-corrected chi connectivity index (χ0v) is 28.7. The predicted molar refractivity (Wildman–Crippen MR) is 192 cm³/mol. The molecule has 0 radical (unpaired) electrons. The highest BCUT2D eigenvalue weighted by molar-refractivity contribution is 5.78. The van der Waals surface area contributed by atoms with E-state index in [1.807, 2.05) is 42.5 Å². The monoisotopic (exact) mass is 582 g/mol. The molecule has 0 amide bonds. The minimum Gasteiger partial charge on any atom is -0.379 e. The van der Waals surface area contributed by atoms with E-state index in [0.29, 0.717) is 5.57 Å². The lowest BCUT2D eigenvalue weighted by Gasteiger charge is -2.22. The summed E-state index contributed by atoms with van der Waals surface area (Å²) in [6, 6.07) is 0. The van der Waals surface area contributed by atoms with Crippen molar-refractivity contribution in [1.82, 2.24) is 0 Å². The van der Waals surface area contributed by atoms with E-state index >= 15 is 0 Å². The third-order valence-electron chi connectivity index (χ3n) is 6.73. The molecule has 2 heteroatoms. The van der Waals surface area contributed by atoms with E-state index in [1.165, 1.54) is 22.3 Å². The first-order valence-corrected chi connectivity index (χ1v) is 15.4. The van der Waals surface area contributed by atoms with E-state index in [0.717, 1.165) is 49.5 Å². The molecule has 0 saturated heterocycles. The molecular formula is C41H58O2. The van der Waals surface area contributed by atoms with E-state index in [9.17, 15) is 4.79 Å². The molecule has 0 rings (SSSR count). The number of aldehydes is 1. The van der Waals surface area contributed by atoms with Gasteiger partial charge in [0.25, 0.3) is 0 Å². The Kier molecular flexibility index (Phi) is 22.1. The fourth-order valence-electron chi connectivity index (χ4n) is 3.72. The van der Waals surface area contributed by atoms with Gasteiger partial charge in [-0.15, -0.1) is 0 Å². The number of ether oxygens (including phenoxy) is 1. The molecule has 0 aliphatic carbocycles. The molecule has 0 spiro atoms. The highest BCUT2D eigenvalue weighted by Gasteiger charge is 2.14. The summed E-state index contributed by atoms with van der Waals surface area (Å²) >= 11 is 0. The SMILES string of the molecule is COC(C)(C)CCCC(C)=CC=CC(C)=CC=CC(C=O)=CC=CC=C(C)C=CC=C(C)C=CC=C(C)CCC=C(C)C. The molecule has 0 fully saturated rings. The molecule has 0 unspecified atom stereocenters. The van der Waals surface area contributed by atoms with E-state index in [4.69, 9.17) is 4.74 Å². The summed E-state index contributed by atoms with van der Waals surface area (Å²) in [5.74, 6) is 0. The molecule has 0 bridgehead atoms. The van der Waals surface area contributed by atoms with Crippen molar-refractivity contribution in [2.75, 3.05) is 7.11 Å². The average Bonchev–Trinajstić information content (AvgIpc) is 2.94. The number of rotatable bonds is 19. The van der Waals surface area contributed by atoms with Crippen molar-refractivity contribution in [3.63, 3.8) is 0 Å². The number of methoxy groups -OCH3 is 1. The van der Waals surface area contributed by atoms with Gasteiger partial charge in [-0.25, -0.2) is 0 Å². The molecule has 0 saturated carbocycles. The van der Waals surface area contributed by atoms with Crippen LogP contribution >= 0.6 is 0 Å². The fraction of sp³-hybridized carbons (Fsp3) is 0.390. The Balaban J connectivity index is 4.84. The smallest absolute Gasteiger partial charge is 0.150 e. The van der Waals surface area contributed by atoms with Gasteiger partial charge in [0, 0.05) is 12.7 Å². The molecule has 234 valence electrons. The standard InChI is InChI=1S/C41H58O2/c1-34(2)19-13-21-36(4)23-15-25-37(5)24-14-22-35(3)20-11-12-30-40(33-42)31-17-28-38(6)26-16-27-39(7)29-18-32-41(8,9)43-10/h11-12,14-17,19-20,22-28,30-31,33H,13,18,21,29,32H2,1-10H3. The van der Waals surface area contributed by atoms with Crippen molar-refractivity contribution >= 4 is 6.29 Å². The number of carbonyl (C=O) groups excluding carboxylic acids is 1. The molecule has 0 heterocycles. The average molecular weight is 583 g/mol. The van der Waals surface area contributed by atoms with Crippen molar-refractivity contribution in [2.24, 2.45) is 0 Å². The van der Waals surface area contributed by atoms with Gasteiger partial charge < -0.3 is 4.74 Å². The van der Waals surface area contributed by atoms with Crippen molar-refractivity contribution < 1.29 is 9.53 Å². The number of hydrogen-bond donors (Lipinski definition) is 0. The van der Waals surface area contributed by atoms with Crippen LogP contribution in [0.25, 0.3) is 0 Å². The zero-order valence-electron chi connectivity index (χ0n) is 28.7. The van der Waals surface area contributed by atoms with Crippen LogP contribution in [0.2, 0.25) is 0 Å². The third kappa shape index (κ3) is 24.8. The molecule has 0 N–H and O–H groups in total. The Bertz CT molecular complexity index is 1200. The summed E-state index contributed by atoms with van der Waals surface area (Å²) in [7, 11) is 1.77. The maximum absolute atomic E-state index is 11.5. The van der Waals surface area contributed by atoms with Crippen LogP contribution in [0.5, 0.6) is 0 Å². The summed E-state index contributed by atoms with van der Waals surface area (Å²) < 4.78 is 5.49. The lowest BCUT2D eigenvalue weighted by molar-refractivity contribution is -0.104. The van der Waals surface area contributed by atoms with Gasteiger partial charge in [0.1, 0.15) is 6.29 Å². The topological polar surface area (TPSA) is 26.3 Å². The number of allylic oxidation sites excluding steroid dienone is 24. The molecule has 0 aromatic carbocycles. The minimum absolute atomic E-state index is 0.0586. The van der Waals surface area contributed by atoms with Crippen molar-refractivity contribution in [3.05, 3.63) is 142 Å². The molecule has 43 heavy (non-hydrogen) atoms. The lowest BCUT2D eigenvalue weighted by Crippen LogP contribution is -2.21. The van der Waals surface area contributed by atoms with Gasteiger partial charge in [0.05, 0.1) is 5.60 Å². The van der Waals surface area contributed by atoms with E-state index < -0.39 is 0 Å². The van der Waals surface area contributed by atoms with Crippen LogP contribution in [0.3, 0.4) is 0 Å². The first kappa shape index (κ1) is 39.5. The Morgan fingerprint density at radius 3 is 1.58 bits per heavy atom. The highest BCUT2D eigenvalue weighted by atomic mass is 16.5. The second-order valence-corrected chi connectivity index (χ2v) is 12.0. The van der Waals surface area contributed by atoms with Gasteiger partial charge in [-0.05, 0) is 94.4 Å².